The van der Waals surface area contributed by atoms with Crippen molar-refractivity contribution in [3.8, 4) is 0 Å². The topological polar surface area (TPSA) is 44.4 Å². The molecule has 1 rings (SSSR count). The van der Waals surface area contributed by atoms with Crippen molar-refractivity contribution < 1.29 is 4.79 Å². The first-order valence-corrected chi connectivity index (χ1v) is 7.94. The van der Waals surface area contributed by atoms with Crippen LogP contribution in [0.5, 0.6) is 0 Å². The van der Waals surface area contributed by atoms with Gasteiger partial charge in [-0.3, -0.25) is 4.79 Å². The fraction of sp³-hybridized carbons (Fsp3) is 0.562. The summed E-state index contributed by atoms with van der Waals surface area (Å²) in [7, 11) is 1.66. The Morgan fingerprint density at radius 3 is 2.67 bits per heavy atom. The van der Waals surface area contributed by atoms with Gasteiger partial charge in [-0.15, -0.1) is 0 Å². The summed E-state index contributed by atoms with van der Waals surface area (Å²) < 4.78 is 0. The Labute approximate surface area is 132 Å². The van der Waals surface area contributed by atoms with Gasteiger partial charge in [-0.25, -0.2) is 0 Å². The van der Waals surface area contributed by atoms with Crippen LogP contribution in [0.15, 0.2) is 18.2 Å². The van der Waals surface area contributed by atoms with Crippen molar-refractivity contribution in [1.82, 2.24) is 10.6 Å². The molecule has 4 nitrogen and oxygen atoms in total. The highest BCUT2D eigenvalue weighted by Crippen LogP contribution is 2.25. The number of halogens is 1. The van der Waals surface area contributed by atoms with Crippen molar-refractivity contribution >= 4 is 23.2 Å². The zero-order chi connectivity index (χ0) is 15.7. The first kappa shape index (κ1) is 17.8. The zero-order valence-electron chi connectivity index (χ0n) is 13.2. The minimum Gasteiger partial charge on any atom is -0.362 e. The van der Waals surface area contributed by atoms with Crippen LogP contribution >= 0.6 is 11.6 Å². The van der Waals surface area contributed by atoms with Crippen LogP contribution in [-0.2, 0) is 11.3 Å². The second-order valence-corrected chi connectivity index (χ2v) is 5.48. The summed E-state index contributed by atoms with van der Waals surface area (Å²) in [6, 6.07) is 5.88. The highest BCUT2D eigenvalue weighted by atomic mass is 35.5. The lowest BCUT2D eigenvalue weighted by molar-refractivity contribution is -0.119. The van der Waals surface area contributed by atoms with Gasteiger partial charge in [0, 0.05) is 30.8 Å². The first-order chi connectivity index (χ1) is 10.1. The number of hydrogen-bond acceptors (Lipinski definition) is 3. The van der Waals surface area contributed by atoms with E-state index in [4.69, 9.17) is 11.6 Å². The zero-order valence-corrected chi connectivity index (χ0v) is 14.0. The van der Waals surface area contributed by atoms with E-state index in [0.29, 0.717) is 11.6 Å². The molecule has 21 heavy (non-hydrogen) atoms. The Hall–Kier alpha value is -1.26. The van der Waals surface area contributed by atoms with Crippen LogP contribution in [-0.4, -0.2) is 32.6 Å². The average Bonchev–Trinajstić information content (AvgIpc) is 2.48. The number of benzene rings is 1. The molecule has 0 fully saturated rings. The largest absolute Gasteiger partial charge is 0.362 e. The van der Waals surface area contributed by atoms with Crippen molar-refractivity contribution in [2.45, 2.75) is 33.2 Å². The first-order valence-electron chi connectivity index (χ1n) is 7.57. The van der Waals surface area contributed by atoms with Gasteiger partial charge in [0.25, 0.3) is 0 Å². The highest BCUT2D eigenvalue weighted by molar-refractivity contribution is 6.30. The maximum Gasteiger partial charge on any atom is 0.239 e. The summed E-state index contributed by atoms with van der Waals surface area (Å²) in [6.07, 6.45) is 2.07. The van der Waals surface area contributed by atoms with Gasteiger partial charge < -0.3 is 15.5 Å². The van der Waals surface area contributed by atoms with Crippen LogP contribution in [0, 0.1) is 0 Å². The molecular weight excluding hydrogens is 286 g/mol. The van der Waals surface area contributed by atoms with Crippen molar-refractivity contribution in [3.63, 3.8) is 0 Å². The number of nitrogens with one attached hydrogen (secondary N) is 2. The molecule has 0 radical (unpaired) electrons. The summed E-state index contributed by atoms with van der Waals surface area (Å²) in [5, 5.41) is 6.78. The lowest BCUT2D eigenvalue weighted by Gasteiger charge is -2.26. The fourth-order valence-corrected chi connectivity index (χ4v) is 2.35. The minimum atomic E-state index is 0.0101. The molecule has 2 N–H and O–H groups in total. The third kappa shape index (κ3) is 5.94. The molecule has 1 aromatic carbocycles. The van der Waals surface area contributed by atoms with E-state index in [1.807, 2.05) is 18.2 Å². The van der Waals surface area contributed by atoms with Gasteiger partial charge in [0.05, 0.1) is 6.54 Å². The van der Waals surface area contributed by atoms with E-state index >= 15 is 0 Å². The Bertz CT molecular complexity index is 451. The van der Waals surface area contributed by atoms with Gasteiger partial charge in [0.2, 0.25) is 5.91 Å². The SMILES string of the molecule is CCCNCc1ccc(Cl)cc1N(CCC)CC(=O)NC. The number of anilines is 1. The molecule has 0 aliphatic rings. The molecule has 0 aliphatic heterocycles. The molecule has 1 aromatic rings. The van der Waals surface area contributed by atoms with Crippen LogP contribution in [0.2, 0.25) is 5.02 Å². The molecule has 0 saturated heterocycles. The smallest absolute Gasteiger partial charge is 0.239 e. The third-order valence-corrected chi connectivity index (χ3v) is 3.47. The van der Waals surface area contributed by atoms with Gasteiger partial charge in [-0.2, -0.15) is 0 Å². The van der Waals surface area contributed by atoms with Crippen molar-refractivity contribution in [1.29, 1.82) is 0 Å². The average molecular weight is 312 g/mol. The minimum absolute atomic E-state index is 0.0101. The predicted molar refractivity (Wildman–Crippen MR) is 90.0 cm³/mol. The van der Waals surface area contributed by atoms with E-state index in [0.717, 1.165) is 38.2 Å². The molecule has 0 heterocycles. The normalized spacial score (nSPS) is 10.5. The van der Waals surface area contributed by atoms with Crippen molar-refractivity contribution in [3.05, 3.63) is 28.8 Å². The number of rotatable bonds is 9. The molecule has 5 heteroatoms. The maximum absolute atomic E-state index is 11.7. The third-order valence-electron chi connectivity index (χ3n) is 3.24. The van der Waals surface area contributed by atoms with E-state index < -0.39 is 0 Å². The number of likely N-dealkylation sites (N-methyl/N-ethyl adjacent to an activating group) is 1. The quantitative estimate of drug-likeness (QED) is 0.689. The van der Waals surface area contributed by atoms with Crippen LogP contribution in [0.3, 0.4) is 0 Å². The Balaban J connectivity index is 2.97. The van der Waals surface area contributed by atoms with Gasteiger partial charge in [0.15, 0.2) is 0 Å². The fourth-order valence-electron chi connectivity index (χ4n) is 2.19. The summed E-state index contributed by atoms with van der Waals surface area (Å²) in [5.74, 6) is 0.0101. The summed E-state index contributed by atoms with van der Waals surface area (Å²) in [5.41, 5.74) is 2.21. The summed E-state index contributed by atoms with van der Waals surface area (Å²) in [6.45, 7) is 7.20. The van der Waals surface area contributed by atoms with E-state index in [-0.39, 0.29) is 5.91 Å². The van der Waals surface area contributed by atoms with E-state index in [1.165, 1.54) is 5.56 Å². The van der Waals surface area contributed by atoms with Crippen LogP contribution in [0.25, 0.3) is 0 Å². The standard InChI is InChI=1S/C16H26ClN3O/c1-4-8-19-11-13-6-7-14(17)10-15(13)20(9-5-2)12-16(21)18-3/h6-7,10,19H,4-5,8-9,11-12H2,1-3H3,(H,18,21). The monoisotopic (exact) mass is 311 g/mol. The van der Waals surface area contributed by atoms with E-state index in [2.05, 4.69) is 29.4 Å². The van der Waals surface area contributed by atoms with Crippen LogP contribution in [0.1, 0.15) is 32.3 Å². The van der Waals surface area contributed by atoms with Gasteiger partial charge in [-0.05, 0) is 37.1 Å². The second-order valence-electron chi connectivity index (χ2n) is 5.04. The number of amides is 1. The number of nitrogens with zero attached hydrogens (tertiary/aromatic N) is 1. The Morgan fingerprint density at radius 2 is 2.05 bits per heavy atom. The molecule has 0 unspecified atom stereocenters. The molecule has 0 aliphatic carbocycles. The molecule has 1 amide bonds. The summed E-state index contributed by atoms with van der Waals surface area (Å²) >= 11 is 6.15. The number of carbonyl (C=O) groups excluding carboxylic acids is 1. The number of hydrogen-bond donors (Lipinski definition) is 2. The lowest BCUT2D eigenvalue weighted by atomic mass is 10.1. The van der Waals surface area contributed by atoms with Crippen LogP contribution in [0.4, 0.5) is 5.69 Å². The Morgan fingerprint density at radius 1 is 1.29 bits per heavy atom. The second kappa shape index (κ2) is 9.64. The van der Waals surface area contributed by atoms with E-state index in [9.17, 15) is 4.79 Å². The molecule has 0 spiro atoms. The molecule has 0 aromatic heterocycles. The van der Waals surface area contributed by atoms with Crippen molar-refractivity contribution in [2.75, 3.05) is 31.6 Å². The highest BCUT2D eigenvalue weighted by Gasteiger charge is 2.14. The molecule has 0 saturated carbocycles. The predicted octanol–water partition coefficient (Wildman–Crippen LogP) is 2.80. The van der Waals surface area contributed by atoms with Gasteiger partial charge in [0.1, 0.15) is 0 Å². The van der Waals surface area contributed by atoms with Gasteiger partial charge >= 0.3 is 0 Å². The molecule has 0 atom stereocenters. The Kier molecular flexibility index (Phi) is 8.16. The van der Waals surface area contributed by atoms with Crippen molar-refractivity contribution in [2.24, 2.45) is 0 Å². The summed E-state index contributed by atoms with van der Waals surface area (Å²) in [4.78, 5) is 13.8. The molecule has 118 valence electrons. The van der Waals surface area contributed by atoms with E-state index in [1.54, 1.807) is 7.05 Å². The maximum atomic E-state index is 11.7. The lowest BCUT2D eigenvalue weighted by Crippen LogP contribution is -2.37. The molecule has 0 bridgehead atoms. The van der Waals surface area contributed by atoms with Gasteiger partial charge in [-0.1, -0.05) is 31.5 Å². The van der Waals surface area contributed by atoms with Crippen LogP contribution < -0.4 is 15.5 Å². The molecular formula is C16H26ClN3O. The number of carbonyl (C=O) groups is 1.